The van der Waals surface area contributed by atoms with Crippen molar-refractivity contribution in [3.63, 3.8) is 0 Å². The largest absolute Gasteiger partial charge is 0.444 e. The van der Waals surface area contributed by atoms with Gasteiger partial charge in [-0.1, -0.05) is 18.2 Å². The molecule has 0 atom stereocenters. The van der Waals surface area contributed by atoms with Crippen LogP contribution in [0.5, 0.6) is 0 Å². The van der Waals surface area contributed by atoms with Gasteiger partial charge in [-0.3, -0.25) is 9.67 Å². The smallest absolute Gasteiger partial charge is 0.226 e. The normalized spacial score (nSPS) is 11.1. The Bertz CT molecular complexity index is 827. The maximum atomic E-state index is 5.54. The molecule has 0 bridgehead atoms. The Labute approximate surface area is 169 Å². The Morgan fingerprint density at radius 3 is 2.73 bits per heavy atom. The topological polar surface area (TPSA) is 80.3 Å². The second-order valence-electron chi connectivity index (χ2n) is 5.63. The predicted octanol–water partition coefficient (Wildman–Crippen LogP) is 2.60. The molecule has 0 spiro atoms. The minimum absolute atomic E-state index is 0. The van der Waals surface area contributed by atoms with Gasteiger partial charge in [0, 0.05) is 32.4 Å². The number of nitrogens with one attached hydrogen (secondary N) is 2. The van der Waals surface area contributed by atoms with Crippen LogP contribution < -0.4 is 10.6 Å². The number of guanidine groups is 1. The molecule has 3 rings (SSSR count). The summed E-state index contributed by atoms with van der Waals surface area (Å²) in [4.78, 5) is 8.71. The average Bonchev–Trinajstić information content (AvgIpc) is 3.28. The molecule has 0 fully saturated rings. The van der Waals surface area contributed by atoms with Gasteiger partial charge >= 0.3 is 0 Å². The summed E-state index contributed by atoms with van der Waals surface area (Å²) in [5, 5.41) is 10.7. The highest BCUT2D eigenvalue weighted by atomic mass is 127. The Morgan fingerprint density at radius 1 is 1.23 bits per heavy atom. The molecule has 0 aliphatic heterocycles. The van der Waals surface area contributed by atoms with E-state index in [1.807, 2.05) is 49.8 Å². The monoisotopic (exact) mass is 466 g/mol. The highest BCUT2D eigenvalue weighted by Crippen LogP contribution is 2.17. The SMILES string of the molecule is CN=C(NCCc1cnn(C)c1)NCc1coc(-c2ccccc2)n1.I. The van der Waals surface area contributed by atoms with Gasteiger partial charge in [-0.2, -0.15) is 5.10 Å². The number of aliphatic imine (C=N–C) groups is 1. The van der Waals surface area contributed by atoms with Crippen LogP contribution in [-0.4, -0.2) is 34.3 Å². The van der Waals surface area contributed by atoms with E-state index in [1.54, 1.807) is 18.0 Å². The van der Waals surface area contributed by atoms with E-state index in [4.69, 9.17) is 4.42 Å². The number of oxazole rings is 1. The number of hydrogen-bond donors (Lipinski definition) is 2. The van der Waals surface area contributed by atoms with Gasteiger partial charge < -0.3 is 15.1 Å². The quantitative estimate of drug-likeness (QED) is 0.332. The Morgan fingerprint density at radius 2 is 2.04 bits per heavy atom. The Hall–Kier alpha value is -2.36. The molecule has 0 saturated heterocycles. The van der Waals surface area contributed by atoms with E-state index in [-0.39, 0.29) is 24.0 Å². The van der Waals surface area contributed by atoms with Crippen LogP contribution in [0.1, 0.15) is 11.3 Å². The first kappa shape index (κ1) is 20.0. The van der Waals surface area contributed by atoms with Crippen LogP contribution in [0.3, 0.4) is 0 Å². The van der Waals surface area contributed by atoms with E-state index < -0.39 is 0 Å². The van der Waals surface area contributed by atoms with Gasteiger partial charge in [-0.05, 0) is 24.1 Å². The van der Waals surface area contributed by atoms with Gasteiger partial charge in [0.15, 0.2) is 5.96 Å². The molecule has 0 unspecified atom stereocenters. The summed E-state index contributed by atoms with van der Waals surface area (Å²) in [5.74, 6) is 1.35. The fourth-order valence-electron chi connectivity index (χ4n) is 2.42. The van der Waals surface area contributed by atoms with E-state index in [0.29, 0.717) is 12.4 Å². The van der Waals surface area contributed by atoms with Crippen molar-refractivity contribution in [2.24, 2.45) is 12.0 Å². The maximum absolute atomic E-state index is 5.54. The average molecular weight is 466 g/mol. The Kier molecular flexibility index (Phi) is 7.64. The fraction of sp³-hybridized carbons (Fsp3) is 0.278. The van der Waals surface area contributed by atoms with Gasteiger partial charge in [0.05, 0.1) is 18.4 Å². The molecule has 2 heterocycles. The second kappa shape index (κ2) is 9.95. The minimum Gasteiger partial charge on any atom is -0.444 e. The van der Waals surface area contributed by atoms with Crippen molar-refractivity contribution in [1.29, 1.82) is 0 Å². The molecule has 1 aromatic carbocycles. The third kappa shape index (κ3) is 5.58. The zero-order chi connectivity index (χ0) is 17.5. The number of hydrogen-bond acceptors (Lipinski definition) is 4. The van der Waals surface area contributed by atoms with Crippen LogP contribution in [0.2, 0.25) is 0 Å². The van der Waals surface area contributed by atoms with E-state index in [1.165, 1.54) is 5.56 Å². The molecular formula is C18H23IN6O. The molecule has 7 nitrogen and oxygen atoms in total. The van der Waals surface area contributed by atoms with Crippen LogP contribution in [0.25, 0.3) is 11.5 Å². The van der Waals surface area contributed by atoms with Gasteiger partial charge in [0.1, 0.15) is 6.26 Å². The summed E-state index contributed by atoms with van der Waals surface area (Å²) in [6.45, 7) is 1.32. The molecular weight excluding hydrogens is 443 g/mol. The molecule has 8 heteroatoms. The molecule has 2 aromatic heterocycles. The first-order valence-corrected chi connectivity index (χ1v) is 8.16. The van der Waals surface area contributed by atoms with Crippen LogP contribution in [-0.2, 0) is 20.0 Å². The van der Waals surface area contributed by atoms with E-state index in [2.05, 4.69) is 25.7 Å². The second-order valence-corrected chi connectivity index (χ2v) is 5.63. The number of aromatic nitrogens is 3. The zero-order valence-electron chi connectivity index (χ0n) is 14.8. The third-order valence-corrected chi connectivity index (χ3v) is 3.70. The van der Waals surface area contributed by atoms with E-state index >= 15 is 0 Å². The van der Waals surface area contributed by atoms with Gasteiger partial charge in [-0.15, -0.1) is 24.0 Å². The molecule has 3 aromatic rings. The summed E-state index contributed by atoms with van der Waals surface area (Å²) in [5.41, 5.74) is 2.98. The van der Waals surface area contributed by atoms with Crippen molar-refractivity contribution in [2.75, 3.05) is 13.6 Å². The molecule has 0 aliphatic carbocycles. The highest BCUT2D eigenvalue weighted by molar-refractivity contribution is 14.0. The van der Waals surface area contributed by atoms with E-state index in [9.17, 15) is 0 Å². The van der Waals surface area contributed by atoms with E-state index in [0.717, 1.165) is 30.2 Å². The fourth-order valence-corrected chi connectivity index (χ4v) is 2.42. The summed E-state index contributed by atoms with van der Waals surface area (Å²) in [6, 6.07) is 9.84. The number of benzene rings is 1. The first-order chi connectivity index (χ1) is 12.2. The zero-order valence-corrected chi connectivity index (χ0v) is 17.2. The number of aryl methyl sites for hydroxylation is 1. The Balaban J connectivity index is 0.00000243. The third-order valence-electron chi connectivity index (χ3n) is 3.70. The standard InChI is InChI=1S/C18H22N6O.HI/c1-19-18(20-9-8-14-10-22-24(2)12-14)21-11-16-13-25-17(23-16)15-6-4-3-5-7-15;/h3-7,10,12-13H,8-9,11H2,1-2H3,(H2,19,20,21);1H. The number of halogens is 1. The van der Waals surface area contributed by atoms with Gasteiger partial charge in [-0.25, -0.2) is 4.98 Å². The predicted molar refractivity (Wildman–Crippen MR) is 112 cm³/mol. The molecule has 0 aliphatic rings. The molecule has 2 N–H and O–H groups in total. The van der Waals surface area contributed by atoms with Crippen LogP contribution in [0.4, 0.5) is 0 Å². The number of rotatable bonds is 6. The van der Waals surface area contributed by atoms with Crippen LogP contribution in [0, 0.1) is 0 Å². The first-order valence-electron chi connectivity index (χ1n) is 8.16. The summed E-state index contributed by atoms with van der Waals surface area (Å²) in [7, 11) is 3.66. The summed E-state index contributed by atoms with van der Waals surface area (Å²) >= 11 is 0. The van der Waals surface area contributed by atoms with Crippen molar-refractivity contribution >= 4 is 29.9 Å². The molecule has 0 saturated carbocycles. The lowest BCUT2D eigenvalue weighted by atomic mass is 10.2. The molecule has 0 radical (unpaired) electrons. The van der Waals surface area contributed by atoms with Crippen molar-refractivity contribution in [3.05, 3.63) is 60.2 Å². The van der Waals surface area contributed by atoms with Crippen LogP contribution >= 0.6 is 24.0 Å². The maximum Gasteiger partial charge on any atom is 0.226 e. The van der Waals surface area contributed by atoms with Crippen molar-refractivity contribution < 1.29 is 4.42 Å². The highest BCUT2D eigenvalue weighted by Gasteiger charge is 2.07. The lowest BCUT2D eigenvalue weighted by Gasteiger charge is -2.10. The molecule has 138 valence electrons. The lowest BCUT2D eigenvalue weighted by Crippen LogP contribution is -2.37. The lowest BCUT2D eigenvalue weighted by molar-refractivity contribution is 0.572. The molecule has 0 amide bonds. The van der Waals surface area contributed by atoms with Crippen LogP contribution in [0.15, 0.2) is 58.4 Å². The minimum atomic E-state index is 0. The van der Waals surface area contributed by atoms with Crippen molar-refractivity contribution in [1.82, 2.24) is 25.4 Å². The summed E-state index contributed by atoms with van der Waals surface area (Å²) in [6.07, 6.45) is 6.44. The van der Waals surface area contributed by atoms with Gasteiger partial charge in [0.25, 0.3) is 0 Å². The molecule has 26 heavy (non-hydrogen) atoms. The van der Waals surface area contributed by atoms with Crippen molar-refractivity contribution in [3.8, 4) is 11.5 Å². The van der Waals surface area contributed by atoms with Crippen molar-refractivity contribution in [2.45, 2.75) is 13.0 Å². The summed E-state index contributed by atoms with van der Waals surface area (Å²) < 4.78 is 7.34. The number of nitrogens with zero attached hydrogens (tertiary/aromatic N) is 4. The van der Waals surface area contributed by atoms with Gasteiger partial charge in [0.2, 0.25) is 5.89 Å².